The molecule has 1 atom stereocenters. The molecular formula is C28H26ClN3O3. The first kappa shape index (κ1) is 23.0. The van der Waals surface area contributed by atoms with E-state index in [0.29, 0.717) is 35.1 Å². The van der Waals surface area contributed by atoms with E-state index in [2.05, 4.69) is 48.3 Å². The van der Waals surface area contributed by atoms with Gasteiger partial charge < -0.3 is 19.9 Å². The van der Waals surface area contributed by atoms with E-state index in [4.69, 9.17) is 16.3 Å². The summed E-state index contributed by atoms with van der Waals surface area (Å²) >= 11 is 6.04. The van der Waals surface area contributed by atoms with Crippen LogP contribution in [0.4, 0.5) is 11.4 Å². The molecule has 0 bridgehead atoms. The highest BCUT2D eigenvalue weighted by atomic mass is 35.5. The van der Waals surface area contributed by atoms with Crippen LogP contribution in [-0.4, -0.2) is 42.4 Å². The van der Waals surface area contributed by atoms with E-state index in [1.165, 1.54) is 11.3 Å². The van der Waals surface area contributed by atoms with E-state index in [9.17, 15) is 9.59 Å². The maximum Gasteiger partial charge on any atom is 0.291 e. The Hall–Kier alpha value is -3.77. The summed E-state index contributed by atoms with van der Waals surface area (Å²) in [6, 6.07) is 20.9. The van der Waals surface area contributed by atoms with Gasteiger partial charge in [0.05, 0.1) is 5.69 Å². The lowest BCUT2D eigenvalue weighted by Crippen LogP contribution is -2.53. The predicted octanol–water partition coefficient (Wildman–Crippen LogP) is 5.37. The molecule has 2 aliphatic heterocycles. The van der Waals surface area contributed by atoms with Gasteiger partial charge >= 0.3 is 0 Å². The number of piperazine rings is 1. The Labute approximate surface area is 209 Å². The standard InChI is InChI=1S/C28H26ClN3O3/c1-18-5-3-8-23(13-18)32-12-11-31(17-19(32)2)28(34)21-9-10-25-24(16-21)30-27(33)26(35-25)15-20-6-4-7-22(29)14-20/h3-10,13-16,19H,11-12,17H2,1-2H3,(H,30,33)/b26-15+. The first-order valence-electron chi connectivity index (χ1n) is 11.6. The second-order valence-corrected chi connectivity index (χ2v) is 9.40. The van der Waals surface area contributed by atoms with Crippen molar-refractivity contribution < 1.29 is 14.3 Å². The molecule has 3 aromatic rings. The highest BCUT2D eigenvalue weighted by Crippen LogP contribution is 2.33. The van der Waals surface area contributed by atoms with E-state index in [0.717, 1.165) is 12.1 Å². The van der Waals surface area contributed by atoms with Crippen molar-refractivity contribution in [3.63, 3.8) is 0 Å². The van der Waals surface area contributed by atoms with Gasteiger partial charge in [-0.1, -0.05) is 35.9 Å². The van der Waals surface area contributed by atoms with Gasteiger partial charge in [0.25, 0.3) is 11.8 Å². The highest BCUT2D eigenvalue weighted by Gasteiger charge is 2.29. The van der Waals surface area contributed by atoms with Crippen LogP contribution in [0.2, 0.25) is 5.02 Å². The first-order valence-corrected chi connectivity index (χ1v) is 12.0. The zero-order valence-corrected chi connectivity index (χ0v) is 20.4. The Balaban J connectivity index is 1.30. The van der Waals surface area contributed by atoms with E-state index in [-0.39, 0.29) is 23.6 Å². The van der Waals surface area contributed by atoms with Gasteiger partial charge in [-0.15, -0.1) is 0 Å². The van der Waals surface area contributed by atoms with Crippen molar-refractivity contribution in [1.82, 2.24) is 4.90 Å². The van der Waals surface area contributed by atoms with Crippen LogP contribution in [0.3, 0.4) is 0 Å². The monoisotopic (exact) mass is 487 g/mol. The molecule has 0 saturated carbocycles. The Morgan fingerprint density at radius 3 is 2.69 bits per heavy atom. The molecule has 0 aromatic heterocycles. The minimum Gasteiger partial charge on any atom is -0.449 e. The average Bonchev–Trinajstić information content (AvgIpc) is 2.84. The largest absolute Gasteiger partial charge is 0.449 e. The second-order valence-electron chi connectivity index (χ2n) is 8.96. The van der Waals surface area contributed by atoms with Gasteiger partial charge in [-0.05, 0) is 73.5 Å². The minimum absolute atomic E-state index is 0.0574. The van der Waals surface area contributed by atoms with Crippen LogP contribution in [0.25, 0.3) is 6.08 Å². The number of nitrogens with one attached hydrogen (secondary N) is 1. The minimum atomic E-state index is -0.373. The molecule has 35 heavy (non-hydrogen) atoms. The average molecular weight is 488 g/mol. The summed E-state index contributed by atoms with van der Waals surface area (Å²) in [4.78, 5) is 30.1. The SMILES string of the molecule is Cc1cccc(N2CCN(C(=O)c3ccc4c(c3)NC(=O)/C(=C\c3cccc(Cl)c3)O4)CC2C)c1. The van der Waals surface area contributed by atoms with Crippen molar-refractivity contribution in [3.8, 4) is 5.75 Å². The lowest BCUT2D eigenvalue weighted by molar-refractivity contribution is -0.115. The van der Waals surface area contributed by atoms with Gasteiger partial charge in [0.2, 0.25) is 0 Å². The number of amides is 2. The summed E-state index contributed by atoms with van der Waals surface area (Å²) in [5.41, 5.74) is 4.16. The van der Waals surface area contributed by atoms with E-state index >= 15 is 0 Å². The van der Waals surface area contributed by atoms with Crippen LogP contribution < -0.4 is 15.0 Å². The molecule has 5 rings (SSSR count). The second kappa shape index (κ2) is 9.47. The zero-order valence-electron chi connectivity index (χ0n) is 19.6. The van der Waals surface area contributed by atoms with E-state index in [1.807, 2.05) is 17.0 Å². The van der Waals surface area contributed by atoms with Crippen LogP contribution in [0.1, 0.15) is 28.4 Å². The Morgan fingerprint density at radius 2 is 1.91 bits per heavy atom. The molecule has 1 saturated heterocycles. The fraction of sp³-hybridized carbons (Fsp3) is 0.214. The fourth-order valence-corrected chi connectivity index (χ4v) is 4.75. The third-order valence-corrected chi connectivity index (χ3v) is 6.55. The van der Waals surface area contributed by atoms with Gasteiger partial charge in [-0.2, -0.15) is 0 Å². The molecule has 2 heterocycles. The molecule has 178 valence electrons. The topological polar surface area (TPSA) is 61.9 Å². The van der Waals surface area contributed by atoms with Gasteiger partial charge in [0.1, 0.15) is 0 Å². The Bertz CT molecular complexity index is 1340. The number of nitrogens with zero attached hydrogens (tertiary/aromatic N) is 2. The maximum absolute atomic E-state index is 13.3. The molecule has 0 radical (unpaired) electrons. The molecule has 6 nitrogen and oxygen atoms in total. The lowest BCUT2D eigenvalue weighted by atomic mass is 10.1. The van der Waals surface area contributed by atoms with Crippen LogP contribution >= 0.6 is 11.6 Å². The third kappa shape index (κ3) is 4.88. The number of carbonyl (C=O) groups is 2. The number of carbonyl (C=O) groups excluding carboxylic acids is 2. The molecule has 1 unspecified atom stereocenters. The van der Waals surface area contributed by atoms with Crippen LogP contribution in [0.15, 0.2) is 72.5 Å². The van der Waals surface area contributed by atoms with Gasteiger partial charge in [-0.3, -0.25) is 9.59 Å². The molecule has 2 aliphatic rings. The molecule has 7 heteroatoms. The predicted molar refractivity (Wildman–Crippen MR) is 139 cm³/mol. The number of aryl methyl sites for hydroxylation is 1. The molecule has 3 aromatic carbocycles. The van der Waals surface area contributed by atoms with Crippen molar-refractivity contribution in [3.05, 3.63) is 94.2 Å². The van der Waals surface area contributed by atoms with Gasteiger partial charge in [-0.25, -0.2) is 0 Å². The highest BCUT2D eigenvalue weighted by molar-refractivity contribution is 6.30. The summed E-state index contributed by atoms with van der Waals surface area (Å²) in [6.45, 7) is 6.24. The summed E-state index contributed by atoms with van der Waals surface area (Å²) in [5.74, 6) is 0.229. The van der Waals surface area contributed by atoms with E-state index < -0.39 is 0 Å². The number of rotatable bonds is 3. The number of ether oxygens (including phenoxy) is 1. The number of benzene rings is 3. The van der Waals surface area contributed by atoms with Crippen LogP contribution in [0, 0.1) is 6.92 Å². The number of anilines is 2. The molecule has 1 fully saturated rings. The zero-order chi connectivity index (χ0) is 24.5. The normalized spacial score (nSPS) is 18.7. The smallest absolute Gasteiger partial charge is 0.291 e. The maximum atomic E-state index is 13.3. The van der Waals surface area contributed by atoms with Crippen molar-refractivity contribution in [2.24, 2.45) is 0 Å². The van der Waals surface area contributed by atoms with Crippen molar-refractivity contribution in [2.75, 3.05) is 29.9 Å². The van der Waals surface area contributed by atoms with Crippen molar-refractivity contribution in [1.29, 1.82) is 0 Å². The van der Waals surface area contributed by atoms with Crippen molar-refractivity contribution >= 4 is 40.9 Å². The van der Waals surface area contributed by atoms with Crippen molar-refractivity contribution in [2.45, 2.75) is 19.9 Å². The lowest BCUT2D eigenvalue weighted by Gasteiger charge is -2.41. The number of fused-ring (bicyclic) bond motifs is 1. The number of hydrogen-bond acceptors (Lipinski definition) is 4. The summed E-state index contributed by atoms with van der Waals surface area (Å²) < 4.78 is 5.83. The Morgan fingerprint density at radius 1 is 1.09 bits per heavy atom. The molecular weight excluding hydrogens is 462 g/mol. The summed E-state index contributed by atoms with van der Waals surface area (Å²) in [6.07, 6.45) is 1.64. The molecule has 1 N–H and O–H groups in total. The van der Waals surface area contributed by atoms with Crippen LogP contribution in [-0.2, 0) is 4.79 Å². The van der Waals surface area contributed by atoms with E-state index in [1.54, 1.807) is 36.4 Å². The quantitative estimate of drug-likeness (QED) is 0.504. The summed E-state index contributed by atoms with van der Waals surface area (Å²) in [7, 11) is 0. The number of halogens is 1. The van der Waals surface area contributed by atoms with Gasteiger partial charge in [0.15, 0.2) is 11.5 Å². The molecule has 2 amide bonds. The first-order chi connectivity index (χ1) is 16.9. The van der Waals surface area contributed by atoms with Crippen LogP contribution in [0.5, 0.6) is 5.75 Å². The van der Waals surface area contributed by atoms with Gasteiger partial charge in [0, 0.05) is 41.9 Å². The molecule has 0 spiro atoms. The number of hydrogen-bond donors (Lipinski definition) is 1. The summed E-state index contributed by atoms with van der Waals surface area (Å²) in [5, 5.41) is 3.42. The third-order valence-electron chi connectivity index (χ3n) is 6.31. The fourth-order valence-electron chi connectivity index (χ4n) is 4.56. The molecule has 0 aliphatic carbocycles. The Kier molecular flexibility index (Phi) is 6.22.